The largest absolute Gasteiger partial charge is 0.392 e. The van der Waals surface area contributed by atoms with Crippen molar-refractivity contribution in [3.63, 3.8) is 0 Å². The number of aliphatic hydroxyl groups is 1. The van der Waals surface area contributed by atoms with Crippen LogP contribution >= 0.6 is 11.8 Å². The maximum Gasteiger partial charge on any atom is 0.241 e. The van der Waals surface area contributed by atoms with Crippen LogP contribution in [0, 0.1) is 6.92 Å². The lowest BCUT2D eigenvalue weighted by Crippen LogP contribution is -2.47. The fourth-order valence-electron chi connectivity index (χ4n) is 6.69. The Bertz CT molecular complexity index is 2360. The Hall–Kier alpha value is -5.15. The average Bonchev–Trinajstić information content (AvgIpc) is 3.66. The van der Waals surface area contributed by atoms with Crippen molar-refractivity contribution in [1.82, 2.24) is 24.8 Å². The summed E-state index contributed by atoms with van der Waals surface area (Å²) in [5.41, 5.74) is 7.20. The molecule has 1 amide bonds. The maximum atomic E-state index is 13.8. The third kappa shape index (κ3) is 10.2. The molecule has 1 aliphatic heterocycles. The van der Waals surface area contributed by atoms with E-state index in [1.165, 1.54) is 12.1 Å². The van der Waals surface area contributed by atoms with Crippen LogP contribution in [-0.4, -0.2) is 52.1 Å². The minimum Gasteiger partial charge on any atom is -0.392 e. The van der Waals surface area contributed by atoms with E-state index in [-0.39, 0.29) is 36.7 Å². The van der Waals surface area contributed by atoms with Crippen molar-refractivity contribution in [3.05, 3.63) is 167 Å². The molecule has 294 valence electrons. The SMILES string of the molecule is Cc1ccc(S(=O)(=O)NC(Cc2ccccc2)C(=O)NCc2ccccc2-c2ccc(C3OC(CSc4nncn4C)CC(c4ccc(CO)cc4)O3)cc2)cc1. The lowest BCUT2D eigenvalue weighted by Gasteiger charge is -2.36. The fraction of sp³-hybridized carbons (Fsp3) is 0.250. The van der Waals surface area contributed by atoms with Crippen LogP contribution in [0.4, 0.5) is 0 Å². The lowest BCUT2D eigenvalue weighted by atomic mass is 9.97. The Kier molecular flexibility index (Phi) is 12.9. The van der Waals surface area contributed by atoms with Crippen LogP contribution in [0.3, 0.4) is 0 Å². The summed E-state index contributed by atoms with van der Waals surface area (Å²) in [6.07, 6.45) is 1.52. The number of carbonyl (C=O) groups excluding carboxylic acids is 1. The number of hydrogen-bond acceptors (Lipinski definition) is 9. The molecule has 1 saturated heterocycles. The van der Waals surface area contributed by atoms with E-state index in [9.17, 15) is 18.3 Å². The van der Waals surface area contributed by atoms with Gasteiger partial charge in [-0.15, -0.1) is 10.2 Å². The van der Waals surface area contributed by atoms with Gasteiger partial charge in [-0.1, -0.05) is 133 Å². The second kappa shape index (κ2) is 18.4. The molecule has 6 aromatic rings. The van der Waals surface area contributed by atoms with E-state index in [2.05, 4.69) is 20.2 Å². The summed E-state index contributed by atoms with van der Waals surface area (Å²) in [5, 5.41) is 21.6. The van der Waals surface area contributed by atoms with Crippen LogP contribution in [0.15, 0.2) is 144 Å². The van der Waals surface area contributed by atoms with Crippen molar-refractivity contribution in [2.75, 3.05) is 5.75 Å². The van der Waals surface area contributed by atoms with E-state index in [1.807, 2.05) is 122 Å². The molecule has 1 aliphatic rings. The molecule has 3 N–H and O–H groups in total. The highest BCUT2D eigenvalue weighted by atomic mass is 32.2. The van der Waals surface area contributed by atoms with Gasteiger partial charge in [0.05, 0.1) is 23.7 Å². The molecule has 5 aromatic carbocycles. The Morgan fingerprint density at radius 3 is 2.28 bits per heavy atom. The number of rotatable bonds is 15. The zero-order valence-corrected chi connectivity index (χ0v) is 33.3. The van der Waals surface area contributed by atoms with Crippen LogP contribution in [0.2, 0.25) is 0 Å². The van der Waals surface area contributed by atoms with Crippen LogP contribution in [0.5, 0.6) is 0 Å². The highest BCUT2D eigenvalue weighted by Crippen LogP contribution is 2.40. The number of nitrogens with one attached hydrogen (secondary N) is 2. The molecule has 11 nitrogen and oxygen atoms in total. The van der Waals surface area contributed by atoms with E-state index < -0.39 is 28.3 Å². The molecule has 4 unspecified atom stereocenters. The number of benzene rings is 5. The summed E-state index contributed by atoms with van der Waals surface area (Å²) >= 11 is 1.58. The lowest BCUT2D eigenvalue weighted by molar-refractivity contribution is -0.245. The first kappa shape index (κ1) is 40.1. The maximum absolute atomic E-state index is 13.8. The molecule has 0 spiro atoms. The molecule has 0 radical (unpaired) electrons. The van der Waals surface area contributed by atoms with Gasteiger partial charge in [-0.2, -0.15) is 4.72 Å². The first-order valence-electron chi connectivity index (χ1n) is 18.7. The zero-order chi connectivity index (χ0) is 39.8. The predicted octanol–water partition coefficient (Wildman–Crippen LogP) is 6.83. The number of hydrogen-bond donors (Lipinski definition) is 3. The summed E-state index contributed by atoms with van der Waals surface area (Å²) in [4.78, 5) is 13.9. The highest BCUT2D eigenvalue weighted by Gasteiger charge is 2.33. The molecule has 0 bridgehead atoms. The van der Waals surface area contributed by atoms with Gasteiger partial charge >= 0.3 is 0 Å². The number of aromatic nitrogens is 3. The molecule has 2 heterocycles. The first-order valence-corrected chi connectivity index (χ1v) is 21.2. The highest BCUT2D eigenvalue weighted by molar-refractivity contribution is 7.99. The fourth-order valence-corrected chi connectivity index (χ4v) is 8.79. The number of nitrogens with zero attached hydrogens (tertiary/aromatic N) is 3. The van der Waals surface area contributed by atoms with E-state index in [0.29, 0.717) is 12.2 Å². The third-order valence-corrected chi connectivity index (χ3v) is 12.5. The Morgan fingerprint density at radius 2 is 1.58 bits per heavy atom. The van der Waals surface area contributed by atoms with Gasteiger partial charge in [-0.3, -0.25) is 4.79 Å². The number of aliphatic hydroxyl groups excluding tert-OH is 1. The minimum atomic E-state index is -3.98. The molecule has 1 fully saturated rings. The van der Waals surface area contributed by atoms with Gasteiger partial charge in [0, 0.05) is 31.3 Å². The third-order valence-electron chi connectivity index (χ3n) is 9.88. The quantitative estimate of drug-likeness (QED) is 0.0953. The number of amides is 1. The second-order valence-electron chi connectivity index (χ2n) is 14.1. The molecule has 0 saturated carbocycles. The second-order valence-corrected chi connectivity index (χ2v) is 16.8. The molecule has 1 aromatic heterocycles. The van der Waals surface area contributed by atoms with Crippen molar-refractivity contribution in [2.45, 2.75) is 67.5 Å². The standard InChI is InChI=1S/C44H45N5O6S2/c1-30-12-22-38(23-13-30)57(52,53)48-40(24-31-8-4-3-5-9-31)42(51)45-26-36-10-6-7-11-39(36)33-18-20-35(21-19-33)43-54-37(28-56-44-47-46-29-49(44)2)25-41(55-43)34-16-14-32(27-50)15-17-34/h3-23,29,37,40-41,43,48,50H,24-28H2,1-2H3,(H,45,51). The van der Waals surface area contributed by atoms with Crippen molar-refractivity contribution < 1.29 is 27.8 Å². The number of aryl methyl sites for hydroxylation is 2. The Labute approximate surface area is 337 Å². The average molecular weight is 804 g/mol. The van der Waals surface area contributed by atoms with E-state index in [4.69, 9.17) is 9.47 Å². The summed E-state index contributed by atoms with van der Waals surface area (Å²) in [5.74, 6) is 0.229. The van der Waals surface area contributed by atoms with Crippen molar-refractivity contribution in [2.24, 2.45) is 7.05 Å². The van der Waals surface area contributed by atoms with Gasteiger partial charge in [-0.25, -0.2) is 8.42 Å². The van der Waals surface area contributed by atoms with Gasteiger partial charge in [-0.05, 0) is 58.9 Å². The minimum absolute atomic E-state index is 0.0266. The van der Waals surface area contributed by atoms with E-state index in [1.54, 1.807) is 30.2 Å². The van der Waals surface area contributed by atoms with Gasteiger partial charge in [0.1, 0.15) is 12.4 Å². The molecular weight excluding hydrogens is 759 g/mol. The zero-order valence-electron chi connectivity index (χ0n) is 31.7. The van der Waals surface area contributed by atoms with Crippen LogP contribution in [0.1, 0.15) is 52.2 Å². The molecule has 57 heavy (non-hydrogen) atoms. The van der Waals surface area contributed by atoms with Gasteiger partial charge < -0.3 is 24.5 Å². The molecule has 7 rings (SSSR count). The summed E-state index contributed by atoms with van der Waals surface area (Å²) < 4.78 is 44.4. The monoisotopic (exact) mass is 803 g/mol. The number of carbonyl (C=O) groups is 1. The van der Waals surface area contributed by atoms with E-state index in [0.717, 1.165) is 49.7 Å². The number of ether oxygens (including phenoxy) is 2. The molecule has 4 atom stereocenters. The van der Waals surface area contributed by atoms with Crippen molar-refractivity contribution in [3.8, 4) is 11.1 Å². The van der Waals surface area contributed by atoms with Gasteiger partial charge in [0.25, 0.3) is 0 Å². The van der Waals surface area contributed by atoms with Crippen molar-refractivity contribution in [1.29, 1.82) is 0 Å². The Morgan fingerprint density at radius 1 is 0.877 bits per heavy atom. The topological polar surface area (TPSA) is 145 Å². The van der Waals surface area contributed by atoms with Crippen LogP contribution < -0.4 is 10.0 Å². The normalized spacial score (nSPS) is 17.6. The first-order chi connectivity index (χ1) is 27.6. The molecule has 0 aliphatic carbocycles. The molecule has 13 heteroatoms. The van der Waals surface area contributed by atoms with Crippen LogP contribution in [-0.2, 0) is 50.9 Å². The summed E-state index contributed by atoms with van der Waals surface area (Å²) in [6, 6.07) is 38.5. The van der Waals surface area contributed by atoms with Gasteiger partial charge in [0.2, 0.25) is 15.9 Å². The Balaban J connectivity index is 1.07. The number of sulfonamides is 1. The predicted molar refractivity (Wildman–Crippen MR) is 219 cm³/mol. The van der Waals surface area contributed by atoms with Crippen LogP contribution in [0.25, 0.3) is 11.1 Å². The van der Waals surface area contributed by atoms with E-state index >= 15 is 0 Å². The summed E-state index contributed by atoms with van der Waals surface area (Å²) in [6.45, 7) is 2.04. The van der Waals surface area contributed by atoms with Gasteiger partial charge in [0.15, 0.2) is 11.4 Å². The number of thioether (sulfide) groups is 1. The summed E-state index contributed by atoms with van der Waals surface area (Å²) in [7, 11) is -2.07. The smallest absolute Gasteiger partial charge is 0.241 e. The van der Waals surface area contributed by atoms with Crippen molar-refractivity contribution >= 4 is 27.7 Å². The molecular formula is C44H45N5O6S2.